The maximum atomic E-state index is 2.31. The zero-order valence-corrected chi connectivity index (χ0v) is 40.2. The predicted molar refractivity (Wildman–Crippen MR) is 291 cm³/mol. The van der Waals surface area contributed by atoms with Crippen LogP contribution in [0.4, 0.5) is 0 Å². The van der Waals surface area contributed by atoms with E-state index in [4.69, 9.17) is 0 Å². The van der Waals surface area contributed by atoms with Crippen molar-refractivity contribution in [1.29, 1.82) is 0 Å². The summed E-state index contributed by atoms with van der Waals surface area (Å²) in [6, 6.07) is 91.8. The Balaban J connectivity index is 0.000000126. The van der Waals surface area contributed by atoms with Gasteiger partial charge in [0.1, 0.15) is 0 Å². The van der Waals surface area contributed by atoms with Gasteiger partial charge in [-0.25, -0.2) is 0 Å². The maximum absolute atomic E-state index is 2.31. The highest BCUT2D eigenvalue weighted by Gasteiger charge is 2.52. The molecule has 0 fully saturated rings. The smallest absolute Gasteiger partial charge is 0.0683 e. The molecule has 0 heteroatoms. The van der Waals surface area contributed by atoms with E-state index in [1.165, 1.54) is 100 Å². The third-order valence-electron chi connectivity index (χ3n) is 13.7. The van der Waals surface area contributed by atoms with Crippen LogP contribution < -0.4 is 0 Å². The highest BCUT2D eigenvalue weighted by Crippen LogP contribution is 2.64. The highest BCUT2D eigenvalue weighted by atomic mass is 14.5. The first kappa shape index (κ1) is 45.4. The topological polar surface area (TPSA) is 0 Å². The zero-order valence-electron chi connectivity index (χ0n) is 40.2. The number of rotatable bonds is 0. The largest absolute Gasteiger partial charge is 0.0725 e. The van der Waals surface area contributed by atoms with E-state index in [1.54, 1.807) is 0 Å². The molecule has 0 nitrogen and oxygen atoms in total. The van der Waals surface area contributed by atoms with E-state index in [-0.39, 0.29) is 10.8 Å². The lowest BCUT2D eigenvalue weighted by Crippen LogP contribution is -2.25. The van der Waals surface area contributed by atoms with Crippen LogP contribution >= 0.6 is 0 Å². The summed E-state index contributed by atoms with van der Waals surface area (Å²) in [6.45, 7) is 12.2. The second-order valence-corrected chi connectivity index (χ2v) is 17.2. The molecule has 10 aromatic rings. The fraction of sp³-hybridized carbons (Fsp3) is 0.118. The molecular formula is C68H60. The van der Waals surface area contributed by atoms with Crippen molar-refractivity contribution in [3.63, 3.8) is 0 Å². The highest BCUT2D eigenvalue weighted by molar-refractivity contribution is 5.96. The molecule has 0 bridgehead atoms. The van der Waals surface area contributed by atoms with Crippen molar-refractivity contribution in [3.8, 4) is 44.5 Å². The van der Waals surface area contributed by atoms with Gasteiger partial charge in [-0.05, 0) is 103 Å². The molecule has 0 radical (unpaired) electrons. The first-order valence-electron chi connectivity index (χ1n) is 24.4. The third-order valence-corrected chi connectivity index (χ3v) is 13.7. The molecule has 4 aliphatic carbocycles. The summed E-state index contributed by atoms with van der Waals surface area (Å²) in [5.41, 5.74) is 24.5. The minimum Gasteiger partial charge on any atom is -0.0683 e. The second kappa shape index (κ2) is 20.0. The van der Waals surface area contributed by atoms with Gasteiger partial charge in [0.2, 0.25) is 0 Å². The first-order valence-corrected chi connectivity index (χ1v) is 24.4. The lowest BCUT2D eigenvalue weighted by Gasteiger charge is -2.30. The van der Waals surface area contributed by atoms with Crippen LogP contribution in [0.3, 0.4) is 0 Å². The van der Waals surface area contributed by atoms with Gasteiger partial charge in [-0.2, -0.15) is 0 Å². The molecule has 4 aliphatic rings. The molecule has 68 heavy (non-hydrogen) atoms. The van der Waals surface area contributed by atoms with E-state index >= 15 is 0 Å². The molecule has 10 aromatic carbocycles. The Bertz CT molecular complexity index is 2700. The Morgan fingerprint density at radius 1 is 0.176 bits per heavy atom. The summed E-state index contributed by atoms with van der Waals surface area (Å²) < 4.78 is 0. The van der Waals surface area contributed by atoms with Gasteiger partial charge in [0.05, 0.1) is 10.8 Å². The number of benzene rings is 10. The van der Waals surface area contributed by atoms with Crippen LogP contribution in [-0.4, -0.2) is 0 Å². The van der Waals surface area contributed by atoms with E-state index in [2.05, 4.69) is 232 Å². The molecule has 0 unspecified atom stereocenters. The normalized spacial score (nSPS) is 12.8. The van der Waals surface area contributed by atoms with Gasteiger partial charge in [-0.3, -0.25) is 0 Å². The van der Waals surface area contributed by atoms with Crippen LogP contribution in [0, 0.1) is 13.8 Å². The van der Waals surface area contributed by atoms with Gasteiger partial charge in [-0.1, -0.05) is 294 Å². The quantitative estimate of drug-likeness (QED) is 0.142. The molecule has 0 saturated carbocycles. The molecule has 0 N–H and O–H groups in total. The lowest BCUT2D eigenvalue weighted by atomic mass is 9.70. The number of aryl methyl sites for hydroxylation is 2. The van der Waals surface area contributed by atoms with Gasteiger partial charge in [-0.15, -0.1) is 0 Å². The predicted octanol–water partition coefficient (Wildman–Crippen LogP) is 18.1. The van der Waals surface area contributed by atoms with E-state index in [0.29, 0.717) is 0 Å². The van der Waals surface area contributed by atoms with E-state index < -0.39 is 0 Å². The molecule has 2 spiro atoms. The average Bonchev–Trinajstić information content (AvgIpc) is 4.10. The minimum atomic E-state index is -0.180. The summed E-state index contributed by atoms with van der Waals surface area (Å²) >= 11 is 0. The van der Waals surface area contributed by atoms with Crippen LogP contribution in [0.15, 0.2) is 255 Å². The monoisotopic (exact) mass is 876 g/mol. The summed E-state index contributed by atoms with van der Waals surface area (Å²) in [7, 11) is 0. The molecule has 0 aliphatic heterocycles. The molecule has 332 valence electrons. The Morgan fingerprint density at radius 2 is 0.309 bits per heavy atom. The van der Waals surface area contributed by atoms with E-state index in [1.807, 2.05) is 64.1 Å². The van der Waals surface area contributed by atoms with Gasteiger partial charge >= 0.3 is 0 Å². The Labute approximate surface area is 405 Å². The summed E-state index contributed by atoms with van der Waals surface area (Å²) in [5, 5.41) is 0. The minimum absolute atomic E-state index is 0.180. The number of hydrogen-bond donors (Lipinski definition) is 0. The number of fused-ring (bicyclic) bond motifs is 20. The fourth-order valence-electron chi connectivity index (χ4n) is 11.2. The van der Waals surface area contributed by atoms with Gasteiger partial charge in [0.25, 0.3) is 0 Å². The molecule has 0 atom stereocenters. The van der Waals surface area contributed by atoms with E-state index in [0.717, 1.165) is 0 Å². The van der Waals surface area contributed by atoms with E-state index in [9.17, 15) is 0 Å². The fourth-order valence-corrected chi connectivity index (χ4v) is 11.2. The van der Waals surface area contributed by atoms with Crippen molar-refractivity contribution < 1.29 is 0 Å². The Kier molecular flexibility index (Phi) is 13.3. The summed E-state index contributed by atoms with van der Waals surface area (Å²) in [5.74, 6) is 0. The Morgan fingerprint density at radius 3 is 0.441 bits per heavy atom. The molecular weight excluding hydrogens is 817 g/mol. The van der Waals surface area contributed by atoms with Crippen LogP contribution in [0.2, 0.25) is 0 Å². The summed E-state index contributed by atoms with van der Waals surface area (Å²) in [6.07, 6.45) is 0. The molecule has 0 saturated heterocycles. The van der Waals surface area contributed by atoms with Gasteiger partial charge in [0, 0.05) is 0 Å². The van der Waals surface area contributed by atoms with Crippen molar-refractivity contribution in [2.24, 2.45) is 0 Å². The molecule has 0 aromatic heterocycles. The second-order valence-electron chi connectivity index (χ2n) is 17.2. The maximum Gasteiger partial charge on any atom is 0.0725 e. The van der Waals surface area contributed by atoms with Crippen LogP contribution in [-0.2, 0) is 10.8 Å². The third kappa shape index (κ3) is 7.42. The van der Waals surface area contributed by atoms with Crippen LogP contribution in [0.5, 0.6) is 0 Å². The molecule has 0 amide bonds. The first-order chi connectivity index (χ1) is 33.6. The zero-order chi connectivity index (χ0) is 47.1. The van der Waals surface area contributed by atoms with Crippen LogP contribution in [0.1, 0.15) is 83.3 Å². The lowest BCUT2D eigenvalue weighted by molar-refractivity contribution is 0.794. The van der Waals surface area contributed by atoms with Crippen molar-refractivity contribution in [2.45, 2.75) is 52.4 Å². The molecule has 14 rings (SSSR count). The van der Waals surface area contributed by atoms with Crippen molar-refractivity contribution >= 4 is 0 Å². The van der Waals surface area contributed by atoms with Crippen molar-refractivity contribution in [1.82, 2.24) is 0 Å². The van der Waals surface area contributed by atoms with Gasteiger partial charge < -0.3 is 0 Å². The van der Waals surface area contributed by atoms with Crippen molar-refractivity contribution in [2.75, 3.05) is 0 Å². The SMILES string of the molecule is CC.CC.Cc1ccccc1.Cc1ccccc1.c1ccc2c(c1)-c1ccccc1C21c2ccccc2-c2ccccc21.c1ccc2c(c1)-c1ccccc1C21c2ccccc2-c2ccccc21. The van der Waals surface area contributed by atoms with Crippen LogP contribution in [0.25, 0.3) is 44.5 Å². The van der Waals surface area contributed by atoms with Gasteiger partial charge in [0.15, 0.2) is 0 Å². The number of hydrogen-bond acceptors (Lipinski definition) is 0. The Hall–Kier alpha value is -7.80. The summed E-state index contributed by atoms with van der Waals surface area (Å²) in [4.78, 5) is 0. The standard InChI is InChI=1S/2C25H16.2C7H8.2C2H6/c2*1-5-13-21-17(9-1)18-10-2-6-14-22(18)25(21)23-15-7-3-11-19(23)20-12-4-8-16-24(20)25;2*1-7-5-3-2-4-6-7;2*1-2/h2*1-16H;2*2-6H,1H3;2*1-2H3. The molecule has 0 heterocycles. The van der Waals surface area contributed by atoms with Crippen molar-refractivity contribution in [3.05, 3.63) is 310 Å². The average molecular weight is 877 g/mol.